The molecule has 154 valence electrons. The monoisotopic (exact) mass is 435 g/mol. The van der Waals surface area contributed by atoms with Gasteiger partial charge in [0.15, 0.2) is 0 Å². The quantitative estimate of drug-likeness (QED) is 0.536. The van der Waals surface area contributed by atoms with Crippen molar-refractivity contribution in [2.45, 2.75) is 18.4 Å². The Morgan fingerprint density at radius 2 is 1.62 bits per heavy atom. The molecule has 5 rings (SSSR count). The van der Waals surface area contributed by atoms with Crippen LogP contribution in [-0.2, 0) is 15.9 Å². The number of aromatic amines is 1. The van der Waals surface area contributed by atoms with Crippen LogP contribution in [0.1, 0.15) is 18.4 Å². The van der Waals surface area contributed by atoms with Crippen LogP contribution in [0, 0.1) is 11.8 Å². The van der Waals surface area contributed by atoms with Crippen molar-refractivity contribution in [1.29, 1.82) is 0 Å². The Kier molecular flexibility index (Phi) is 5.39. The molecule has 3 N–H and O–H groups in total. The number of halogens is 1. The number of nitrogens with zero attached hydrogens (tertiary/aromatic N) is 2. The Balaban J connectivity index is 0.000000294. The lowest BCUT2D eigenvalue weighted by Crippen LogP contribution is -2.32. The standard InChI is InChI=1S/C14H16ClN3O4S.C6H6/c15-11-1-8-5-16-17-13(8)12(2-11)14(19)3-9-6-18(23(20,21)22)7-10(9)4-14;1-2-4-6-5-3-1/h1-2,5,9-10,19H,3-4,6-7H2,(H,16,17)(H,20,21,22);1-6H/t9-,10+,14?;. The molecule has 3 aromatic rings. The van der Waals surface area contributed by atoms with Gasteiger partial charge in [0.25, 0.3) is 0 Å². The lowest BCUT2D eigenvalue weighted by Gasteiger charge is -2.26. The van der Waals surface area contributed by atoms with Crippen LogP contribution in [0.25, 0.3) is 10.9 Å². The molecule has 3 atom stereocenters. The van der Waals surface area contributed by atoms with Crippen LogP contribution < -0.4 is 0 Å². The van der Waals surface area contributed by atoms with Gasteiger partial charge >= 0.3 is 10.3 Å². The number of hydrogen-bond acceptors (Lipinski definition) is 4. The smallest absolute Gasteiger partial charge is 0.335 e. The first-order chi connectivity index (χ1) is 13.8. The zero-order valence-electron chi connectivity index (χ0n) is 15.6. The summed E-state index contributed by atoms with van der Waals surface area (Å²) in [6.07, 6.45) is 2.51. The van der Waals surface area contributed by atoms with Crippen molar-refractivity contribution in [3.63, 3.8) is 0 Å². The maximum absolute atomic E-state index is 11.3. The molecule has 0 amide bonds. The summed E-state index contributed by atoms with van der Waals surface area (Å²) >= 11 is 6.15. The van der Waals surface area contributed by atoms with Crippen LogP contribution in [0.5, 0.6) is 0 Å². The molecule has 2 heterocycles. The van der Waals surface area contributed by atoms with Gasteiger partial charge in [-0.2, -0.15) is 17.8 Å². The Morgan fingerprint density at radius 1 is 1.07 bits per heavy atom. The van der Waals surface area contributed by atoms with E-state index in [4.69, 9.17) is 11.6 Å². The number of hydrogen-bond donors (Lipinski definition) is 3. The molecule has 1 aliphatic heterocycles. The van der Waals surface area contributed by atoms with Crippen molar-refractivity contribution in [2.24, 2.45) is 11.8 Å². The van der Waals surface area contributed by atoms with Gasteiger partial charge in [-0.3, -0.25) is 9.65 Å². The number of benzene rings is 2. The van der Waals surface area contributed by atoms with Crippen molar-refractivity contribution < 1.29 is 18.1 Å². The first kappa shape index (κ1) is 20.3. The van der Waals surface area contributed by atoms with Gasteiger partial charge in [-0.1, -0.05) is 48.0 Å². The number of fused-ring (bicyclic) bond motifs is 2. The fraction of sp³-hybridized carbons (Fsp3) is 0.350. The van der Waals surface area contributed by atoms with Gasteiger partial charge in [-0.05, 0) is 36.8 Å². The van der Waals surface area contributed by atoms with E-state index in [1.54, 1.807) is 18.3 Å². The average molecular weight is 436 g/mol. The van der Waals surface area contributed by atoms with E-state index in [1.165, 1.54) is 0 Å². The van der Waals surface area contributed by atoms with Gasteiger partial charge < -0.3 is 5.11 Å². The molecule has 7 nitrogen and oxygen atoms in total. The Bertz CT molecular complexity index is 1060. The van der Waals surface area contributed by atoms with Crippen LogP contribution in [0.2, 0.25) is 5.02 Å². The number of H-pyrrole nitrogens is 1. The van der Waals surface area contributed by atoms with Gasteiger partial charge in [-0.25, -0.2) is 0 Å². The highest BCUT2D eigenvalue weighted by atomic mass is 35.5. The third-order valence-corrected chi connectivity index (χ3v) is 6.92. The summed E-state index contributed by atoms with van der Waals surface area (Å²) in [6, 6.07) is 15.5. The Labute approximate surface area is 174 Å². The molecule has 1 saturated carbocycles. The van der Waals surface area contributed by atoms with Gasteiger partial charge in [0.05, 0.1) is 17.3 Å². The summed E-state index contributed by atoms with van der Waals surface area (Å²) in [7, 11) is -4.16. The SMILES string of the molecule is O=S(=O)(O)N1C[C@@H]2CC(O)(c3cc(Cl)cc4cn[nH]c34)C[C@@H]2C1.c1ccccc1. The highest BCUT2D eigenvalue weighted by Crippen LogP contribution is 2.50. The third kappa shape index (κ3) is 4.17. The second kappa shape index (κ2) is 7.70. The first-order valence-corrected chi connectivity index (χ1v) is 11.1. The topological polar surface area (TPSA) is 107 Å². The molecule has 0 radical (unpaired) electrons. The molecular formula is C20H22ClN3O4S. The minimum absolute atomic E-state index is 0.0129. The summed E-state index contributed by atoms with van der Waals surface area (Å²) < 4.78 is 32.8. The van der Waals surface area contributed by atoms with Crippen LogP contribution in [-0.4, -0.2) is 45.7 Å². The molecule has 2 fully saturated rings. The van der Waals surface area contributed by atoms with E-state index in [-0.39, 0.29) is 24.9 Å². The van der Waals surface area contributed by atoms with Crippen molar-refractivity contribution in [3.8, 4) is 0 Å². The zero-order chi connectivity index (χ0) is 20.6. The normalized spacial score (nSPS) is 26.9. The molecule has 2 aromatic carbocycles. The molecule has 2 aliphatic rings. The van der Waals surface area contributed by atoms with E-state index in [0.717, 1.165) is 15.2 Å². The molecule has 1 saturated heterocycles. The van der Waals surface area contributed by atoms with Gasteiger partial charge in [0.2, 0.25) is 0 Å². The largest absolute Gasteiger partial charge is 0.385 e. The second-order valence-corrected chi connectivity index (χ2v) is 9.55. The Hall–Kier alpha value is -1.97. The van der Waals surface area contributed by atoms with Crippen LogP contribution in [0.4, 0.5) is 0 Å². The highest BCUT2D eigenvalue weighted by molar-refractivity contribution is 7.83. The average Bonchev–Trinajstić information content (AvgIpc) is 3.36. The summed E-state index contributed by atoms with van der Waals surface area (Å²) in [6.45, 7) is 0.469. The second-order valence-electron chi connectivity index (χ2n) is 7.70. The lowest BCUT2D eigenvalue weighted by molar-refractivity contribution is 0.0349. The molecule has 9 heteroatoms. The molecular weight excluding hydrogens is 414 g/mol. The van der Waals surface area contributed by atoms with Gasteiger partial charge in [0, 0.05) is 29.1 Å². The number of aromatic nitrogens is 2. The third-order valence-electron chi connectivity index (χ3n) is 5.75. The van der Waals surface area contributed by atoms with E-state index >= 15 is 0 Å². The minimum Gasteiger partial charge on any atom is -0.385 e. The molecule has 1 unspecified atom stereocenters. The van der Waals surface area contributed by atoms with E-state index < -0.39 is 15.9 Å². The summed E-state index contributed by atoms with van der Waals surface area (Å²) in [4.78, 5) is 0. The number of rotatable bonds is 2. The van der Waals surface area contributed by atoms with Crippen molar-refractivity contribution in [3.05, 3.63) is 65.3 Å². The van der Waals surface area contributed by atoms with Crippen LogP contribution in [0.15, 0.2) is 54.7 Å². The Morgan fingerprint density at radius 3 is 2.14 bits per heavy atom. The summed E-state index contributed by atoms with van der Waals surface area (Å²) in [5.41, 5.74) is 0.380. The minimum atomic E-state index is -4.16. The maximum atomic E-state index is 11.3. The lowest BCUT2D eigenvalue weighted by atomic mass is 9.89. The maximum Gasteiger partial charge on any atom is 0.335 e. The van der Waals surface area contributed by atoms with E-state index in [1.807, 2.05) is 36.4 Å². The van der Waals surface area contributed by atoms with E-state index in [0.29, 0.717) is 23.4 Å². The van der Waals surface area contributed by atoms with Crippen molar-refractivity contribution >= 4 is 32.8 Å². The fourth-order valence-electron chi connectivity index (χ4n) is 4.49. The van der Waals surface area contributed by atoms with Gasteiger partial charge in [0.1, 0.15) is 0 Å². The molecule has 29 heavy (non-hydrogen) atoms. The molecule has 0 spiro atoms. The van der Waals surface area contributed by atoms with Gasteiger partial charge in [-0.15, -0.1) is 0 Å². The van der Waals surface area contributed by atoms with Crippen LogP contribution in [0.3, 0.4) is 0 Å². The number of nitrogens with one attached hydrogen (secondary N) is 1. The van der Waals surface area contributed by atoms with Crippen LogP contribution >= 0.6 is 11.6 Å². The zero-order valence-corrected chi connectivity index (χ0v) is 17.1. The summed E-state index contributed by atoms with van der Waals surface area (Å²) in [5.74, 6) is 0.0257. The van der Waals surface area contributed by atoms with E-state index in [9.17, 15) is 18.1 Å². The number of aliphatic hydroxyl groups is 1. The predicted octanol–water partition coefficient (Wildman–Crippen LogP) is 3.24. The molecule has 0 bridgehead atoms. The predicted molar refractivity (Wildman–Crippen MR) is 111 cm³/mol. The van der Waals surface area contributed by atoms with Crippen molar-refractivity contribution in [2.75, 3.05) is 13.1 Å². The molecule has 1 aromatic heterocycles. The highest BCUT2D eigenvalue weighted by Gasteiger charge is 2.51. The van der Waals surface area contributed by atoms with E-state index in [2.05, 4.69) is 10.2 Å². The molecule has 1 aliphatic carbocycles. The first-order valence-electron chi connectivity index (χ1n) is 9.34. The summed E-state index contributed by atoms with van der Waals surface area (Å²) in [5, 5.41) is 19.4. The van der Waals surface area contributed by atoms with Crippen molar-refractivity contribution in [1.82, 2.24) is 14.5 Å². The fourth-order valence-corrected chi connectivity index (χ4v) is 5.48.